The van der Waals surface area contributed by atoms with Gasteiger partial charge in [0.25, 0.3) is 0 Å². The van der Waals surface area contributed by atoms with Gasteiger partial charge in [0.05, 0.1) is 22.3 Å². The normalized spacial score (nSPS) is 15.4. The Morgan fingerprint density at radius 3 is 2.84 bits per heavy atom. The molecule has 1 aliphatic heterocycles. The largest absolute Gasteiger partial charge is 0.490 e. The van der Waals surface area contributed by atoms with Gasteiger partial charge in [-0.15, -0.1) is 0 Å². The molecule has 0 amide bonds. The van der Waals surface area contributed by atoms with Crippen molar-refractivity contribution in [3.8, 4) is 11.4 Å². The molecule has 1 aromatic heterocycles. The molecular formula is C19H19N3O3. The number of hydrogen-bond donors (Lipinski definition) is 2. The predicted octanol–water partition coefficient (Wildman–Crippen LogP) is 2.85. The second-order valence-electron chi connectivity index (χ2n) is 6.19. The van der Waals surface area contributed by atoms with Crippen LogP contribution in [0.3, 0.4) is 0 Å². The average Bonchev–Trinajstić information content (AvgIpc) is 3.06. The van der Waals surface area contributed by atoms with E-state index in [1.807, 2.05) is 28.8 Å². The summed E-state index contributed by atoms with van der Waals surface area (Å²) in [4.78, 5) is 15.6. The van der Waals surface area contributed by atoms with Crippen molar-refractivity contribution in [1.82, 2.24) is 14.9 Å². The van der Waals surface area contributed by atoms with Crippen LogP contribution in [0.25, 0.3) is 16.7 Å². The number of imidazole rings is 1. The maximum absolute atomic E-state index is 11.2. The second-order valence-corrected chi connectivity index (χ2v) is 6.19. The first kappa shape index (κ1) is 15.7. The molecule has 0 saturated carbocycles. The molecule has 1 fully saturated rings. The van der Waals surface area contributed by atoms with E-state index in [-0.39, 0.29) is 11.7 Å². The van der Waals surface area contributed by atoms with Crippen molar-refractivity contribution in [3.05, 3.63) is 54.4 Å². The minimum atomic E-state index is -0.947. The summed E-state index contributed by atoms with van der Waals surface area (Å²) < 4.78 is 7.99. The number of fused-ring (bicyclic) bond motifs is 1. The molecule has 2 heterocycles. The Labute approximate surface area is 145 Å². The number of aromatic carboxylic acids is 1. The first-order chi connectivity index (χ1) is 12.2. The van der Waals surface area contributed by atoms with Crippen LogP contribution in [0, 0.1) is 0 Å². The van der Waals surface area contributed by atoms with Crippen LogP contribution in [0.2, 0.25) is 0 Å². The molecule has 2 N–H and O–H groups in total. The first-order valence-electron chi connectivity index (χ1n) is 8.39. The molecule has 25 heavy (non-hydrogen) atoms. The first-order valence-corrected chi connectivity index (χ1v) is 8.39. The highest BCUT2D eigenvalue weighted by Gasteiger charge is 2.15. The van der Waals surface area contributed by atoms with Gasteiger partial charge < -0.3 is 15.2 Å². The number of carboxylic acid groups (broad SMARTS) is 1. The van der Waals surface area contributed by atoms with E-state index in [2.05, 4.69) is 10.3 Å². The third-order valence-electron chi connectivity index (χ3n) is 4.48. The second kappa shape index (κ2) is 6.57. The van der Waals surface area contributed by atoms with Gasteiger partial charge in [-0.2, -0.15) is 0 Å². The van der Waals surface area contributed by atoms with Crippen LogP contribution in [-0.2, 0) is 0 Å². The number of aromatic nitrogens is 2. The third-order valence-corrected chi connectivity index (χ3v) is 4.48. The zero-order chi connectivity index (χ0) is 17.2. The van der Waals surface area contributed by atoms with Crippen LogP contribution in [-0.4, -0.2) is 39.8 Å². The van der Waals surface area contributed by atoms with E-state index in [1.54, 1.807) is 24.5 Å². The Morgan fingerprint density at radius 2 is 2.04 bits per heavy atom. The van der Waals surface area contributed by atoms with Crippen LogP contribution < -0.4 is 10.1 Å². The van der Waals surface area contributed by atoms with E-state index in [9.17, 15) is 9.90 Å². The fourth-order valence-electron chi connectivity index (χ4n) is 3.16. The number of nitrogens with zero attached hydrogens (tertiary/aromatic N) is 2. The smallest absolute Gasteiger partial charge is 0.335 e. The van der Waals surface area contributed by atoms with Gasteiger partial charge >= 0.3 is 5.97 Å². The van der Waals surface area contributed by atoms with Crippen molar-refractivity contribution < 1.29 is 14.6 Å². The molecule has 6 nitrogen and oxygen atoms in total. The van der Waals surface area contributed by atoms with Crippen molar-refractivity contribution in [2.24, 2.45) is 0 Å². The molecule has 0 bridgehead atoms. The summed E-state index contributed by atoms with van der Waals surface area (Å²) in [5, 5.41) is 12.5. The molecule has 1 saturated heterocycles. The molecule has 1 aliphatic rings. The van der Waals surface area contributed by atoms with Crippen molar-refractivity contribution in [2.75, 3.05) is 13.1 Å². The summed E-state index contributed by atoms with van der Waals surface area (Å²) in [6, 6.07) is 12.8. The molecule has 0 aliphatic carbocycles. The Kier molecular flexibility index (Phi) is 4.11. The number of benzene rings is 2. The maximum Gasteiger partial charge on any atom is 0.335 e. The summed E-state index contributed by atoms with van der Waals surface area (Å²) in [7, 11) is 0. The van der Waals surface area contributed by atoms with Gasteiger partial charge in [-0.05, 0) is 56.3 Å². The zero-order valence-corrected chi connectivity index (χ0v) is 13.7. The van der Waals surface area contributed by atoms with Gasteiger partial charge in [0.15, 0.2) is 0 Å². The van der Waals surface area contributed by atoms with Crippen LogP contribution in [0.4, 0.5) is 0 Å². The fourth-order valence-corrected chi connectivity index (χ4v) is 3.16. The number of ether oxygens (including phenoxy) is 1. The van der Waals surface area contributed by atoms with Gasteiger partial charge in [0, 0.05) is 6.07 Å². The number of nitrogens with one attached hydrogen (secondary N) is 1. The van der Waals surface area contributed by atoms with Crippen molar-refractivity contribution in [2.45, 2.75) is 18.9 Å². The molecule has 128 valence electrons. The SMILES string of the molecule is O=C(O)c1ccc2ncn(-c3cccc(OC4CCNCC4)c3)c2c1. The summed E-state index contributed by atoms with van der Waals surface area (Å²) in [5.74, 6) is -0.127. The minimum absolute atomic E-state index is 0.231. The predicted molar refractivity (Wildman–Crippen MR) is 94.5 cm³/mol. The summed E-state index contributed by atoms with van der Waals surface area (Å²) in [6.07, 6.45) is 3.94. The number of rotatable bonds is 4. The summed E-state index contributed by atoms with van der Waals surface area (Å²) >= 11 is 0. The van der Waals surface area contributed by atoms with Crippen molar-refractivity contribution in [1.29, 1.82) is 0 Å². The van der Waals surface area contributed by atoms with Gasteiger partial charge in [0.2, 0.25) is 0 Å². The third kappa shape index (κ3) is 3.21. The van der Waals surface area contributed by atoms with E-state index in [4.69, 9.17) is 4.74 Å². The van der Waals surface area contributed by atoms with Crippen LogP contribution >= 0.6 is 0 Å². The van der Waals surface area contributed by atoms with E-state index in [1.165, 1.54) is 0 Å². The lowest BCUT2D eigenvalue weighted by Gasteiger charge is -2.24. The van der Waals surface area contributed by atoms with E-state index >= 15 is 0 Å². The highest BCUT2D eigenvalue weighted by Crippen LogP contribution is 2.24. The van der Waals surface area contributed by atoms with Crippen molar-refractivity contribution in [3.63, 3.8) is 0 Å². The number of carboxylic acids is 1. The van der Waals surface area contributed by atoms with Gasteiger partial charge in [-0.25, -0.2) is 9.78 Å². The number of hydrogen-bond acceptors (Lipinski definition) is 4. The minimum Gasteiger partial charge on any atom is -0.490 e. The number of piperidine rings is 1. The maximum atomic E-state index is 11.2. The lowest BCUT2D eigenvalue weighted by Crippen LogP contribution is -2.34. The monoisotopic (exact) mass is 337 g/mol. The van der Waals surface area contributed by atoms with Gasteiger partial charge in [-0.1, -0.05) is 6.07 Å². The molecule has 3 aromatic rings. The Hall–Kier alpha value is -2.86. The number of carbonyl (C=O) groups is 1. The highest BCUT2D eigenvalue weighted by atomic mass is 16.5. The molecule has 4 rings (SSSR count). The molecule has 2 aromatic carbocycles. The molecular weight excluding hydrogens is 318 g/mol. The van der Waals surface area contributed by atoms with E-state index in [0.29, 0.717) is 0 Å². The molecule has 0 spiro atoms. The average molecular weight is 337 g/mol. The van der Waals surface area contributed by atoms with E-state index < -0.39 is 5.97 Å². The van der Waals surface area contributed by atoms with Crippen LogP contribution in [0.5, 0.6) is 5.75 Å². The Morgan fingerprint density at radius 1 is 1.20 bits per heavy atom. The van der Waals surface area contributed by atoms with Crippen molar-refractivity contribution >= 4 is 17.0 Å². The molecule has 0 radical (unpaired) electrons. The molecule has 6 heteroatoms. The molecule has 0 atom stereocenters. The zero-order valence-electron chi connectivity index (χ0n) is 13.7. The standard InChI is InChI=1S/C19H19N3O3/c23-19(24)13-4-5-17-18(10-13)22(12-21-17)14-2-1-3-16(11-14)25-15-6-8-20-9-7-15/h1-5,10-12,15,20H,6-9H2,(H,23,24). The summed E-state index contributed by atoms with van der Waals surface area (Å²) in [6.45, 7) is 1.96. The topological polar surface area (TPSA) is 76.4 Å². The Balaban J connectivity index is 1.67. The van der Waals surface area contributed by atoms with Crippen LogP contribution in [0.15, 0.2) is 48.8 Å². The Bertz CT molecular complexity index is 913. The molecule has 0 unspecified atom stereocenters. The van der Waals surface area contributed by atoms with Crippen LogP contribution in [0.1, 0.15) is 23.2 Å². The highest BCUT2D eigenvalue weighted by molar-refractivity contribution is 5.92. The van der Waals surface area contributed by atoms with Gasteiger partial charge in [0.1, 0.15) is 18.2 Å². The lowest BCUT2D eigenvalue weighted by molar-refractivity contribution is 0.0697. The lowest BCUT2D eigenvalue weighted by atomic mass is 10.1. The van der Waals surface area contributed by atoms with Gasteiger partial charge in [-0.3, -0.25) is 4.57 Å². The fraction of sp³-hybridized carbons (Fsp3) is 0.263. The van der Waals surface area contributed by atoms with E-state index in [0.717, 1.165) is 48.4 Å². The summed E-state index contributed by atoms with van der Waals surface area (Å²) in [5.41, 5.74) is 2.67. The quantitative estimate of drug-likeness (QED) is 0.765.